The van der Waals surface area contributed by atoms with E-state index in [1.807, 2.05) is 6.92 Å². The summed E-state index contributed by atoms with van der Waals surface area (Å²) in [7, 11) is -2.79. The van der Waals surface area contributed by atoms with Gasteiger partial charge in [-0.1, -0.05) is 6.92 Å². The van der Waals surface area contributed by atoms with Crippen molar-refractivity contribution in [3.63, 3.8) is 0 Å². The van der Waals surface area contributed by atoms with Crippen LogP contribution in [0.15, 0.2) is 0 Å². The summed E-state index contributed by atoms with van der Waals surface area (Å²) < 4.78 is 21.3. The molecule has 4 heteroatoms. The topological polar surface area (TPSA) is 46.2 Å². The molecule has 0 aliphatic carbocycles. The van der Waals surface area contributed by atoms with Crippen molar-refractivity contribution < 1.29 is 8.42 Å². The predicted octanol–water partition coefficient (Wildman–Crippen LogP) is 0.419. The molecule has 0 spiro atoms. The van der Waals surface area contributed by atoms with E-state index in [-0.39, 0.29) is 5.75 Å². The first kappa shape index (κ1) is 10.9. The quantitative estimate of drug-likeness (QED) is 0.665. The van der Waals surface area contributed by atoms with Crippen LogP contribution < -0.4 is 5.32 Å². The molecular formula is C7H17NO2S. The molecule has 0 aromatic heterocycles. The summed E-state index contributed by atoms with van der Waals surface area (Å²) in [6.07, 6.45) is 2.29. The van der Waals surface area contributed by atoms with Crippen LogP contribution in [0.4, 0.5) is 0 Å². The van der Waals surface area contributed by atoms with Gasteiger partial charge in [0.2, 0.25) is 0 Å². The van der Waals surface area contributed by atoms with Crippen molar-refractivity contribution in [3.8, 4) is 0 Å². The average Bonchev–Trinajstić information content (AvgIpc) is 1.85. The van der Waals surface area contributed by atoms with Gasteiger partial charge in [0.15, 0.2) is 0 Å². The summed E-state index contributed by atoms with van der Waals surface area (Å²) in [5.74, 6) is 0.233. The van der Waals surface area contributed by atoms with Gasteiger partial charge in [-0.2, -0.15) is 0 Å². The summed E-state index contributed by atoms with van der Waals surface area (Å²) in [4.78, 5) is 0. The van der Waals surface area contributed by atoms with Gasteiger partial charge in [-0.3, -0.25) is 0 Å². The molecule has 1 atom stereocenters. The Hall–Kier alpha value is -0.0900. The molecule has 0 saturated carbocycles. The lowest BCUT2D eigenvalue weighted by atomic mass is 10.3. The number of sulfone groups is 1. The molecule has 3 nitrogen and oxygen atoms in total. The van der Waals surface area contributed by atoms with E-state index in [1.54, 1.807) is 0 Å². The molecule has 0 rings (SSSR count). The molecule has 0 heterocycles. The zero-order chi connectivity index (χ0) is 8.91. The molecule has 0 radical (unpaired) electrons. The molecule has 1 N–H and O–H groups in total. The van der Waals surface area contributed by atoms with Crippen LogP contribution in [0, 0.1) is 0 Å². The van der Waals surface area contributed by atoms with Gasteiger partial charge < -0.3 is 5.32 Å². The maximum atomic E-state index is 10.7. The van der Waals surface area contributed by atoms with Crippen LogP contribution in [-0.4, -0.2) is 33.0 Å². The fraction of sp³-hybridized carbons (Fsp3) is 1.00. The van der Waals surface area contributed by atoms with Gasteiger partial charge in [0, 0.05) is 18.8 Å². The minimum absolute atomic E-state index is 0.233. The van der Waals surface area contributed by atoms with Crippen LogP contribution >= 0.6 is 0 Å². The molecule has 1 unspecified atom stereocenters. The molecule has 0 saturated heterocycles. The standard InChI is InChI=1S/C7H17NO2S/c1-4-7(2)8-5-6-11(3,9)10/h7-8H,4-6H2,1-3H3. The van der Waals surface area contributed by atoms with E-state index >= 15 is 0 Å². The van der Waals surface area contributed by atoms with Crippen LogP contribution in [0.25, 0.3) is 0 Å². The van der Waals surface area contributed by atoms with E-state index in [1.165, 1.54) is 6.26 Å². The van der Waals surface area contributed by atoms with Crippen LogP contribution in [0.5, 0.6) is 0 Å². The number of rotatable bonds is 5. The normalized spacial score (nSPS) is 14.8. The Kier molecular flexibility index (Phi) is 4.68. The van der Waals surface area contributed by atoms with E-state index in [2.05, 4.69) is 12.2 Å². The van der Waals surface area contributed by atoms with Crippen molar-refractivity contribution in [2.45, 2.75) is 26.3 Å². The van der Waals surface area contributed by atoms with Crippen LogP contribution in [0.3, 0.4) is 0 Å². The van der Waals surface area contributed by atoms with Gasteiger partial charge in [0.25, 0.3) is 0 Å². The second kappa shape index (κ2) is 4.72. The lowest BCUT2D eigenvalue weighted by Gasteiger charge is -2.09. The highest BCUT2D eigenvalue weighted by molar-refractivity contribution is 7.90. The maximum absolute atomic E-state index is 10.7. The van der Waals surface area contributed by atoms with Gasteiger partial charge >= 0.3 is 0 Å². The lowest BCUT2D eigenvalue weighted by molar-refractivity contribution is 0.546. The van der Waals surface area contributed by atoms with Gasteiger partial charge in [-0.25, -0.2) is 8.42 Å². The van der Waals surface area contributed by atoms with E-state index in [9.17, 15) is 8.42 Å². The fourth-order valence-corrected chi connectivity index (χ4v) is 1.12. The zero-order valence-corrected chi connectivity index (χ0v) is 8.24. The van der Waals surface area contributed by atoms with Crippen molar-refractivity contribution in [2.75, 3.05) is 18.6 Å². The average molecular weight is 179 g/mol. The van der Waals surface area contributed by atoms with Gasteiger partial charge in [0.1, 0.15) is 9.84 Å². The van der Waals surface area contributed by atoms with Crippen molar-refractivity contribution >= 4 is 9.84 Å². The minimum Gasteiger partial charge on any atom is -0.313 e. The Morgan fingerprint density at radius 1 is 1.45 bits per heavy atom. The molecule has 0 amide bonds. The number of hydrogen-bond acceptors (Lipinski definition) is 3. The van der Waals surface area contributed by atoms with E-state index in [0.29, 0.717) is 12.6 Å². The summed E-state index contributed by atoms with van der Waals surface area (Å²) in [6, 6.07) is 0.414. The second-order valence-electron chi connectivity index (χ2n) is 2.89. The molecule has 0 aromatic carbocycles. The summed E-state index contributed by atoms with van der Waals surface area (Å²) in [6.45, 7) is 4.67. The molecule has 0 fully saturated rings. The van der Waals surface area contributed by atoms with Gasteiger partial charge in [0.05, 0.1) is 5.75 Å². The van der Waals surface area contributed by atoms with E-state index < -0.39 is 9.84 Å². The van der Waals surface area contributed by atoms with Crippen LogP contribution in [-0.2, 0) is 9.84 Å². The molecule has 0 bridgehead atoms. The first-order valence-electron chi connectivity index (χ1n) is 3.87. The highest BCUT2D eigenvalue weighted by Crippen LogP contribution is 1.87. The Bertz CT molecular complexity index is 187. The molecule has 0 aromatic rings. The third-order valence-corrected chi connectivity index (χ3v) is 2.52. The first-order valence-corrected chi connectivity index (χ1v) is 5.93. The predicted molar refractivity (Wildman–Crippen MR) is 47.5 cm³/mol. The SMILES string of the molecule is CCC(C)NCCS(C)(=O)=O. The monoisotopic (exact) mass is 179 g/mol. The van der Waals surface area contributed by atoms with Gasteiger partial charge in [-0.05, 0) is 13.3 Å². The second-order valence-corrected chi connectivity index (χ2v) is 5.15. The molecule has 0 aliphatic heterocycles. The zero-order valence-electron chi connectivity index (χ0n) is 7.42. The van der Waals surface area contributed by atoms with E-state index in [4.69, 9.17) is 0 Å². The largest absolute Gasteiger partial charge is 0.313 e. The molecule has 11 heavy (non-hydrogen) atoms. The van der Waals surface area contributed by atoms with Crippen molar-refractivity contribution in [1.29, 1.82) is 0 Å². The van der Waals surface area contributed by atoms with Crippen molar-refractivity contribution in [2.24, 2.45) is 0 Å². The highest BCUT2D eigenvalue weighted by Gasteiger charge is 2.02. The highest BCUT2D eigenvalue weighted by atomic mass is 32.2. The molecular weight excluding hydrogens is 162 g/mol. The Morgan fingerprint density at radius 2 is 2.00 bits per heavy atom. The smallest absolute Gasteiger partial charge is 0.148 e. The lowest BCUT2D eigenvalue weighted by Crippen LogP contribution is -2.30. The molecule has 0 aliphatic rings. The Labute approximate surface area is 69.1 Å². The summed E-state index contributed by atoms with van der Waals surface area (Å²) in [5, 5.41) is 3.11. The van der Waals surface area contributed by atoms with Crippen LogP contribution in [0.2, 0.25) is 0 Å². The van der Waals surface area contributed by atoms with Crippen molar-refractivity contribution in [3.05, 3.63) is 0 Å². The Morgan fingerprint density at radius 3 is 2.36 bits per heavy atom. The summed E-state index contributed by atoms with van der Waals surface area (Å²) in [5.41, 5.74) is 0. The minimum atomic E-state index is -2.79. The van der Waals surface area contributed by atoms with E-state index in [0.717, 1.165) is 6.42 Å². The maximum Gasteiger partial charge on any atom is 0.148 e. The molecule has 68 valence electrons. The van der Waals surface area contributed by atoms with Gasteiger partial charge in [-0.15, -0.1) is 0 Å². The van der Waals surface area contributed by atoms with Crippen LogP contribution in [0.1, 0.15) is 20.3 Å². The third kappa shape index (κ3) is 7.81. The Balaban J connectivity index is 3.43. The fourth-order valence-electron chi connectivity index (χ4n) is 0.635. The summed E-state index contributed by atoms with van der Waals surface area (Å²) >= 11 is 0. The van der Waals surface area contributed by atoms with Crippen molar-refractivity contribution in [1.82, 2.24) is 5.32 Å². The third-order valence-electron chi connectivity index (χ3n) is 1.58. The number of hydrogen-bond donors (Lipinski definition) is 1. The first-order chi connectivity index (χ1) is 4.95. The number of nitrogens with one attached hydrogen (secondary N) is 1.